The first-order valence-electron chi connectivity index (χ1n) is 8.46. The molecule has 0 spiro atoms. The maximum atomic E-state index is 12.5. The molecule has 0 aromatic rings. The number of carbonyl (C=O) groups excluding carboxylic acids is 2. The van der Waals surface area contributed by atoms with E-state index >= 15 is 0 Å². The van der Waals surface area contributed by atoms with E-state index in [1.165, 1.54) is 20.8 Å². The predicted octanol–water partition coefficient (Wildman–Crippen LogP) is -2.22. The minimum Gasteiger partial charge on any atom is -0.477 e. The van der Waals surface area contributed by atoms with E-state index in [2.05, 4.69) is 0 Å². The SMILES string of the molecule is CC(=O)N(C(=O)OC(C)(C)C)[C@H]1[C@H]([C@H](O)[C@H](O)CO)OC(O)(C(=O)O)C[C@@H]1O. The van der Waals surface area contributed by atoms with Crippen LogP contribution in [0.4, 0.5) is 4.79 Å². The summed E-state index contributed by atoms with van der Waals surface area (Å²) in [5.74, 6) is -5.79. The standard InChI is InChI=1S/C16H27NO11/c1-7(19)17(14(25)28-15(2,3)4)10-8(20)5-16(26,13(23)24)27-12(10)11(22)9(21)6-18/h8-12,18,20-22,26H,5-6H2,1-4H3,(H,23,24)/t8-,9+,10+,11+,12+,16?/m0/s1. The second kappa shape index (κ2) is 8.68. The zero-order valence-electron chi connectivity index (χ0n) is 16.0. The summed E-state index contributed by atoms with van der Waals surface area (Å²) in [6.45, 7) is 4.52. The van der Waals surface area contributed by atoms with Crippen molar-refractivity contribution in [2.45, 2.75) is 76.0 Å². The van der Waals surface area contributed by atoms with Crippen molar-refractivity contribution in [1.82, 2.24) is 4.90 Å². The van der Waals surface area contributed by atoms with Crippen LogP contribution in [0.2, 0.25) is 0 Å². The maximum absolute atomic E-state index is 12.5. The molecule has 1 unspecified atom stereocenters. The maximum Gasteiger partial charge on any atom is 0.417 e. The summed E-state index contributed by atoms with van der Waals surface area (Å²) in [6.07, 6.45) is -9.94. The summed E-state index contributed by atoms with van der Waals surface area (Å²) in [7, 11) is 0. The highest BCUT2D eigenvalue weighted by molar-refractivity contribution is 5.91. The van der Waals surface area contributed by atoms with Gasteiger partial charge in [-0.1, -0.05) is 0 Å². The number of carboxylic acids is 1. The van der Waals surface area contributed by atoms with E-state index in [1.54, 1.807) is 0 Å². The Labute approximate surface area is 160 Å². The Bertz CT molecular complexity index is 604. The first-order valence-corrected chi connectivity index (χ1v) is 8.46. The van der Waals surface area contributed by atoms with Gasteiger partial charge in [-0.2, -0.15) is 0 Å². The summed E-state index contributed by atoms with van der Waals surface area (Å²) >= 11 is 0. The third-order valence-corrected chi connectivity index (χ3v) is 4.03. The van der Waals surface area contributed by atoms with Crippen LogP contribution < -0.4 is 0 Å². The fourth-order valence-corrected chi connectivity index (χ4v) is 2.79. The Morgan fingerprint density at radius 2 is 1.82 bits per heavy atom. The van der Waals surface area contributed by atoms with Gasteiger partial charge in [0.05, 0.1) is 18.8 Å². The van der Waals surface area contributed by atoms with Crippen molar-refractivity contribution in [3.05, 3.63) is 0 Å². The van der Waals surface area contributed by atoms with Gasteiger partial charge in [-0.05, 0) is 20.8 Å². The number of aliphatic hydroxyl groups is 5. The molecule has 1 fully saturated rings. The summed E-state index contributed by atoms with van der Waals surface area (Å²) < 4.78 is 10.1. The number of hydrogen-bond donors (Lipinski definition) is 6. The zero-order valence-corrected chi connectivity index (χ0v) is 16.0. The van der Waals surface area contributed by atoms with Gasteiger partial charge in [-0.25, -0.2) is 14.5 Å². The molecule has 0 bridgehead atoms. The van der Waals surface area contributed by atoms with E-state index in [9.17, 15) is 34.8 Å². The van der Waals surface area contributed by atoms with E-state index in [-0.39, 0.29) is 0 Å². The number of rotatable bonds is 5. The molecular formula is C16H27NO11. The smallest absolute Gasteiger partial charge is 0.417 e. The van der Waals surface area contributed by atoms with Crippen LogP contribution in [-0.2, 0) is 19.1 Å². The summed E-state index contributed by atoms with van der Waals surface area (Å²) in [5.41, 5.74) is -1.04. The molecule has 0 saturated carbocycles. The molecule has 6 N–H and O–H groups in total. The van der Waals surface area contributed by atoms with E-state index < -0.39 is 72.8 Å². The topological polar surface area (TPSA) is 194 Å². The summed E-state index contributed by atoms with van der Waals surface area (Å²) in [5, 5.41) is 58.7. The summed E-state index contributed by atoms with van der Waals surface area (Å²) in [6, 6.07) is -1.72. The minimum atomic E-state index is -2.97. The van der Waals surface area contributed by atoms with Crippen molar-refractivity contribution >= 4 is 18.0 Å². The Kier molecular flexibility index (Phi) is 7.50. The number of carbonyl (C=O) groups is 3. The van der Waals surface area contributed by atoms with Crippen LogP contribution in [0.1, 0.15) is 34.1 Å². The normalized spacial score (nSPS) is 30.2. The van der Waals surface area contributed by atoms with Gasteiger partial charge in [0, 0.05) is 13.3 Å². The second-order valence-electron chi connectivity index (χ2n) is 7.54. The number of hydrogen-bond acceptors (Lipinski definition) is 10. The molecule has 2 amide bonds. The molecule has 0 aromatic heterocycles. The average molecular weight is 409 g/mol. The third-order valence-electron chi connectivity index (χ3n) is 4.03. The zero-order chi connectivity index (χ0) is 22.0. The lowest BCUT2D eigenvalue weighted by atomic mass is 9.87. The van der Waals surface area contributed by atoms with Crippen LogP contribution in [0, 0.1) is 0 Å². The molecule has 6 atom stereocenters. The molecule has 12 heteroatoms. The molecule has 1 heterocycles. The molecule has 162 valence electrons. The number of ether oxygens (including phenoxy) is 2. The van der Waals surface area contributed by atoms with Crippen molar-refractivity contribution < 1.29 is 54.5 Å². The van der Waals surface area contributed by atoms with Crippen molar-refractivity contribution in [2.75, 3.05) is 6.61 Å². The van der Waals surface area contributed by atoms with Gasteiger partial charge in [0.25, 0.3) is 5.79 Å². The molecular weight excluding hydrogens is 382 g/mol. The Morgan fingerprint density at radius 1 is 1.29 bits per heavy atom. The average Bonchev–Trinajstić information content (AvgIpc) is 2.53. The molecule has 1 rings (SSSR count). The predicted molar refractivity (Wildman–Crippen MR) is 89.7 cm³/mol. The number of aliphatic hydroxyl groups excluding tert-OH is 4. The number of aliphatic carboxylic acids is 1. The monoisotopic (exact) mass is 409 g/mol. The first kappa shape index (κ1) is 24.2. The van der Waals surface area contributed by atoms with Gasteiger partial charge in [0.2, 0.25) is 5.91 Å². The molecule has 1 aliphatic rings. The first-order chi connectivity index (χ1) is 12.6. The fraction of sp³-hybridized carbons (Fsp3) is 0.812. The van der Waals surface area contributed by atoms with Gasteiger partial charge in [0.1, 0.15) is 23.9 Å². The van der Waals surface area contributed by atoms with E-state index in [0.29, 0.717) is 4.90 Å². The Balaban J connectivity index is 3.40. The highest BCUT2D eigenvalue weighted by Crippen LogP contribution is 2.34. The van der Waals surface area contributed by atoms with Crippen LogP contribution in [0.15, 0.2) is 0 Å². The Morgan fingerprint density at radius 3 is 2.21 bits per heavy atom. The van der Waals surface area contributed by atoms with Crippen molar-refractivity contribution in [2.24, 2.45) is 0 Å². The highest BCUT2D eigenvalue weighted by atomic mass is 16.7. The molecule has 12 nitrogen and oxygen atoms in total. The number of carboxylic acid groups (broad SMARTS) is 1. The van der Waals surface area contributed by atoms with Gasteiger partial charge in [-0.3, -0.25) is 4.79 Å². The van der Waals surface area contributed by atoms with Crippen molar-refractivity contribution in [3.8, 4) is 0 Å². The minimum absolute atomic E-state index is 0.412. The fourth-order valence-electron chi connectivity index (χ4n) is 2.79. The van der Waals surface area contributed by atoms with Crippen LogP contribution >= 0.6 is 0 Å². The van der Waals surface area contributed by atoms with Crippen LogP contribution in [0.25, 0.3) is 0 Å². The number of nitrogens with zero attached hydrogens (tertiary/aromatic N) is 1. The molecule has 1 saturated heterocycles. The largest absolute Gasteiger partial charge is 0.477 e. The number of amides is 2. The van der Waals surface area contributed by atoms with E-state index in [0.717, 1.165) is 6.92 Å². The van der Waals surface area contributed by atoms with Crippen molar-refractivity contribution in [1.29, 1.82) is 0 Å². The molecule has 0 aromatic carbocycles. The lowest BCUT2D eigenvalue weighted by molar-refractivity contribution is -0.301. The molecule has 0 radical (unpaired) electrons. The lowest BCUT2D eigenvalue weighted by Gasteiger charge is -2.47. The third kappa shape index (κ3) is 5.37. The number of imide groups is 1. The van der Waals surface area contributed by atoms with Crippen molar-refractivity contribution in [3.63, 3.8) is 0 Å². The summed E-state index contributed by atoms with van der Waals surface area (Å²) in [4.78, 5) is 36.3. The molecule has 28 heavy (non-hydrogen) atoms. The highest BCUT2D eigenvalue weighted by Gasteiger charge is 2.57. The second-order valence-corrected chi connectivity index (χ2v) is 7.54. The van der Waals surface area contributed by atoms with Gasteiger partial charge in [0.15, 0.2) is 0 Å². The van der Waals surface area contributed by atoms with Gasteiger partial charge in [-0.15, -0.1) is 0 Å². The van der Waals surface area contributed by atoms with Crippen LogP contribution in [-0.4, -0.2) is 102 Å². The molecule has 0 aliphatic carbocycles. The van der Waals surface area contributed by atoms with E-state index in [1.807, 2.05) is 0 Å². The van der Waals surface area contributed by atoms with Crippen LogP contribution in [0.5, 0.6) is 0 Å². The quantitative estimate of drug-likeness (QED) is 0.288. The van der Waals surface area contributed by atoms with Gasteiger partial charge < -0.3 is 40.1 Å². The van der Waals surface area contributed by atoms with Crippen LogP contribution in [0.3, 0.4) is 0 Å². The molecule has 1 aliphatic heterocycles. The Hall–Kier alpha value is -1.83. The van der Waals surface area contributed by atoms with E-state index in [4.69, 9.17) is 19.7 Å². The lowest BCUT2D eigenvalue weighted by Crippen LogP contribution is -2.69. The van der Waals surface area contributed by atoms with Gasteiger partial charge >= 0.3 is 12.1 Å².